The highest BCUT2D eigenvalue weighted by Crippen LogP contribution is 2.29. The van der Waals surface area contributed by atoms with Crippen molar-refractivity contribution >= 4 is 34.5 Å². The van der Waals surface area contributed by atoms with E-state index in [1.54, 1.807) is 0 Å². The van der Waals surface area contributed by atoms with E-state index in [-0.39, 0.29) is 23.2 Å². The Kier molecular flexibility index (Phi) is 7.80. The first-order valence-electron chi connectivity index (χ1n) is 9.43. The summed E-state index contributed by atoms with van der Waals surface area (Å²) in [7, 11) is 1.53. The molecular formula is C18H18F3N7O2S2. The number of nitrogens with zero attached hydrogens (tertiary/aromatic N) is 5. The van der Waals surface area contributed by atoms with Crippen molar-refractivity contribution in [2.75, 3.05) is 7.05 Å². The van der Waals surface area contributed by atoms with Gasteiger partial charge in [0.15, 0.2) is 0 Å². The lowest BCUT2D eigenvalue weighted by molar-refractivity contribution is -0.137. The molecule has 0 saturated heterocycles. The molecule has 0 spiro atoms. The lowest BCUT2D eigenvalue weighted by Crippen LogP contribution is -2.23. The fraction of sp³-hybridized carbons (Fsp3) is 0.389. The van der Waals surface area contributed by atoms with Crippen molar-refractivity contribution in [1.82, 2.24) is 36.0 Å². The van der Waals surface area contributed by atoms with Crippen LogP contribution in [0.15, 0.2) is 18.3 Å². The Bertz CT molecular complexity index is 1080. The van der Waals surface area contributed by atoms with Gasteiger partial charge >= 0.3 is 6.18 Å². The van der Waals surface area contributed by atoms with Gasteiger partial charge in [0, 0.05) is 26.1 Å². The molecule has 0 atom stereocenters. The zero-order chi connectivity index (χ0) is 23.1. The molecule has 0 bridgehead atoms. The topological polar surface area (TPSA) is 123 Å². The Hall–Kier alpha value is -3.00. The largest absolute Gasteiger partial charge is 0.416 e. The number of hydrogen-bond donors (Lipinski definition) is 2. The molecule has 14 heteroatoms. The van der Waals surface area contributed by atoms with Gasteiger partial charge in [0.25, 0.3) is 11.8 Å². The van der Waals surface area contributed by atoms with Crippen LogP contribution < -0.4 is 10.6 Å². The highest BCUT2D eigenvalue weighted by atomic mass is 32.1. The van der Waals surface area contributed by atoms with Crippen molar-refractivity contribution in [3.63, 3.8) is 0 Å². The fourth-order valence-corrected chi connectivity index (χ4v) is 4.18. The third-order valence-corrected chi connectivity index (χ3v) is 6.12. The second-order valence-electron chi connectivity index (χ2n) is 6.50. The number of unbranched alkanes of at least 4 members (excludes halogenated alkanes) is 1. The van der Waals surface area contributed by atoms with Gasteiger partial charge in [-0.2, -0.15) is 13.2 Å². The summed E-state index contributed by atoms with van der Waals surface area (Å²) in [5.74, 6) is -0.791. The Morgan fingerprint density at radius 2 is 1.56 bits per heavy atom. The first kappa shape index (κ1) is 23.7. The standard InChI is InChI=1S/C18H18F3N7O2S2/c1-22-14(29)16-27-25-12(31-16)4-2-3-5-13-26-28-17(32-13)15(30)24-9-11-8-10(6-7-23-11)18(19,20)21/h6-8H,2-5,9H2,1H3,(H,22,29)(H,24,30). The average Bonchev–Trinajstić information content (AvgIpc) is 3.44. The summed E-state index contributed by atoms with van der Waals surface area (Å²) >= 11 is 2.37. The maximum absolute atomic E-state index is 12.8. The van der Waals surface area contributed by atoms with Gasteiger partial charge in [0.05, 0.1) is 17.8 Å². The lowest BCUT2D eigenvalue weighted by atomic mass is 10.2. The van der Waals surface area contributed by atoms with Crippen LogP contribution in [0.25, 0.3) is 0 Å². The molecule has 3 aromatic rings. The fourth-order valence-electron chi connectivity index (χ4n) is 2.55. The number of carbonyl (C=O) groups is 2. The predicted octanol–water partition coefficient (Wildman–Crippen LogP) is 2.66. The van der Waals surface area contributed by atoms with Crippen LogP contribution >= 0.6 is 22.7 Å². The Morgan fingerprint density at radius 3 is 2.12 bits per heavy atom. The van der Waals surface area contributed by atoms with Gasteiger partial charge < -0.3 is 10.6 Å². The smallest absolute Gasteiger partial charge is 0.353 e. The molecule has 2 amide bonds. The second kappa shape index (κ2) is 10.5. The third kappa shape index (κ3) is 6.50. The van der Waals surface area contributed by atoms with Crippen molar-refractivity contribution in [2.45, 2.75) is 38.4 Å². The molecule has 0 radical (unpaired) electrons. The molecule has 0 unspecified atom stereocenters. The number of amides is 2. The molecule has 9 nitrogen and oxygen atoms in total. The Labute approximate surface area is 188 Å². The molecule has 3 rings (SSSR count). The summed E-state index contributed by atoms with van der Waals surface area (Å²) in [6, 6.07) is 1.76. The van der Waals surface area contributed by atoms with Crippen LogP contribution in [0.1, 0.15) is 53.7 Å². The minimum Gasteiger partial charge on any atom is -0.353 e. The van der Waals surface area contributed by atoms with E-state index >= 15 is 0 Å². The summed E-state index contributed by atoms with van der Waals surface area (Å²) < 4.78 is 38.3. The van der Waals surface area contributed by atoms with Crippen LogP contribution in [0.4, 0.5) is 13.2 Å². The average molecular weight is 486 g/mol. The second-order valence-corrected chi connectivity index (χ2v) is 8.63. The molecule has 170 valence electrons. The maximum Gasteiger partial charge on any atom is 0.416 e. The molecule has 3 heterocycles. The van der Waals surface area contributed by atoms with Crippen molar-refractivity contribution in [3.8, 4) is 0 Å². The SMILES string of the molecule is CNC(=O)c1nnc(CCCCc2nnc(C(=O)NCc3cc(C(F)(F)F)ccn3)s2)s1. The van der Waals surface area contributed by atoms with Gasteiger partial charge in [-0.25, -0.2) is 0 Å². The van der Waals surface area contributed by atoms with Gasteiger partial charge in [-0.3, -0.25) is 14.6 Å². The Balaban J connectivity index is 1.43. The van der Waals surface area contributed by atoms with E-state index in [4.69, 9.17) is 0 Å². The van der Waals surface area contributed by atoms with Gasteiger partial charge in [-0.1, -0.05) is 22.7 Å². The van der Waals surface area contributed by atoms with Crippen LogP contribution in [-0.4, -0.2) is 44.2 Å². The number of aromatic nitrogens is 5. The number of pyridine rings is 1. The molecule has 32 heavy (non-hydrogen) atoms. The Morgan fingerprint density at radius 1 is 0.969 bits per heavy atom. The summed E-state index contributed by atoms with van der Waals surface area (Å²) in [4.78, 5) is 27.5. The predicted molar refractivity (Wildman–Crippen MR) is 110 cm³/mol. The van der Waals surface area contributed by atoms with E-state index < -0.39 is 17.6 Å². The highest BCUT2D eigenvalue weighted by molar-refractivity contribution is 7.13. The molecule has 2 N–H and O–H groups in total. The number of aryl methyl sites for hydroxylation is 2. The van der Waals surface area contributed by atoms with Crippen LogP contribution in [0.2, 0.25) is 0 Å². The van der Waals surface area contributed by atoms with Crippen LogP contribution in [0, 0.1) is 0 Å². The lowest BCUT2D eigenvalue weighted by Gasteiger charge is -2.08. The molecule has 0 aliphatic carbocycles. The van der Waals surface area contributed by atoms with Crippen LogP contribution in [-0.2, 0) is 25.6 Å². The van der Waals surface area contributed by atoms with Crippen molar-refractivity contribution in [1.29, 1.82) is 0 Å². The molecular weight excluding hydrogens is 467 g/mol. The molecule has 0 aromatic carbocycles. The zero-order valence-corrected chi connectivity index (χ0v) is 18.4. The van der Waals surface area contributed by atoms with Crippen molar-refractivity contribution in [3.05, 3.63) is 49.6 Å². The summed E-state index contributed by atoms with van der Waals surface area (Å²) in [6.07, 6.45) is -0.567. The quantitative estimate of drug-likeness (QED) is 0.447. The van der Waals surface area contributed by atoms with E-state index in [9.17, 15) is 22.8 Å². The number of alkyl halides is 3. The number of halogens is 3. The summed E-state index contributed by atoms with van der Waals surface area (Å²) in [6.45, 7) is -0.155. The third-order valence-electron chi connectivity index (χ3n) is 4.15. The van der Waals surface area contributed by atoms with Gasteiger partial charge in [0.2, 0.25) is 10.0 Å². The van der Waals surface area contributed by atoms with E-state index in [2.05, 4.69) is 36.0 Å². The van der Waals surface area contributed by atoms with Crippen molar-refractivity contribution in [2.24, 2.45) is 0 Å². The van der Waals surface area contributed by atoms with Crippen molar-refractivity contribution < 1.29 is 22.8 Å². The van der Waals surface area contributed by atoms with Gasteiger partial charge in [-0.05, 0) is 25.0 Å². The first-order chi connectivity index (χ1) is 15.3. The molecule has 0 saturated carbocycles. The minimum atomic E-state index is -4.47. The van der Waals surface area contributed by atoms with E-state index in [1.807, 2.05) is 0 Å². The van der Waals surface area contributed by atoms with E-state index in [0.29, 0.717) is 22.9 Å². The minimum absolute atomic E-state index is 0.0918. The van der Waals surface area contributed by atoms with E-state index in [0.717, 1.165) is 47.5 Å². The normalized spacial score (nSPS) is 11.4. The van der Waals surface area contributed by atoms with Crippen LogP contribution in [0.5, 0.6) is 0 Å². The summed E-state index contributed by atoms with van der Waals surface area (Å²) in [5.41, 5.74) is -0.734. The molecule has 0 fully saturated rings. The monoisotopic (exact) mass is 485 g/mol. The molecule has 3 aromatic heterocycles. The van der Waals surface area contributed by atoms with E-state index in [1.165, 1.54) is 18.4 Å². The maximum atomic E-state index is 12.8. The number of hydrogen-bond acceptors (Lipinski definition) is 9. The summed E-state index contributed by atoms with van der Waals surface area (Å²) in [5, 5.41) is 22.5. The zero-order valence-electron chi connectivity index (χ0n) is 16.8. The van der Waals surface area contributed by atoms with Crippen LogP contribution in [0.3, 0.4) is 0 Å². The number of nitrogens with one attached hydrogen (secondary N) is 2. The van der Waals surface area contributed by atoms with Gasteiger partial charge in [-0.15, -0.1) is 20.4 Å². The van der Waals surface area contributed by atoms with Gasteiger partial charge in [0.1, 0.15) is 10.0 Å². The molecule has 0 aliphatic heterocycles. The highest BCUT2D eigenvalue weighted by Gasteiger charge is 2.30. The number of rotatable bonds is 9. The molecule has 0 aliphatic rings. The number of carbonyl (C=O) groups excluding carboxylic acids is 2. The first-order valence-corrected chi connectivity index (χ1v) is 11.1.